The predicted molar refractivity (Wildman–Crippen MR) is 90.3 cm³/mol. The number of hydrogen-bond donors (Lipinski definition) is 1. The number of nitrogens with zero attached hydrogens (tertiary/aromatic N) is 2. The second-order valence-corrected chi connectivity index (χ2v) is 6.89. The van der Waals surface area contributed by atoms with Gasteiger partial charge in [0.1, 0.15) is 0 Å². The predicted octanol–water partition coefficient (Wildman–Crippen LogP) is 2.74. The van der Waals surface area contributed by atoms with Gasteiger partial charge in [0.15, 0.2) is 0 Å². The quantitative estimate of drug-likeness (QED) is 0.874. The van der Waals surface area contributed by atoms with Crippen LogP contribution in [-0.4, -0.2) is 49.1 Å². The van der Waals surface area contributed by atoms with Crippen molar-refractivity contribution in [1.29, 1.82) is 0 Å². The molecule has 0 saturated carbocycles. The lowest BCUT2D eigenvalue weighted by Gasteiger charge is -2.38. The Bertz CT molecular complexity index is 418. The molecule has 1 aromatic carbocycles. The second kappa shape index (κ2) is 7.39. The molecule has 21 heavy (non-hydrogen) atoms. The van der Waals surface area contributed by atoms with Gasteiger partial charge in [0, 0.05) is 24.7 Å². The molecule has 0 radical (unpaired) electrons. The van der Waals surface area contributed by atoms with Gasteiger partial charge in [0.2, 0.25) is 0 Å². The standard InChI is InChI=1S/C18H31N3/c1-14(2)18(17(19)15-9-6-5-7-10-15)21(4)13-16-11-8-12-20(16)3/h5-7,9-10,14,16-18H,8,11-13,19H2,1-4H3. The van der Waals surface area contributed by atoms with Crippen molar-refractivity contribution in [3.63, 3.8) is 0 Å². The first-order valence-electron chi connectivity index (χ1n) is 8.21. The number of benzene rings is 1. The summed E-state index contributed by atoms with van der Waals surface area (Å²) >= 11 is 0. The molecule has 0 amide bonds. The van der Waals surface area contributed by atoms with Gasteiger partial charge in [0.25, 0.3) is 0 Å². The van der Waals surface area contributed by atoms with Gasteiger partial charge in [-0.3, -0.25) is 4.90 Å². The van der Waals surface area contributed by atoms with Crippen LogP contribution in [0.4, 0.5) is 0 Å². The molecule has 1 fully saturated rings. The third kappa shape index (κ3) is 4.06. The highest BCUT2D eigenvalue weighted by Gasteiger charge is 2.30. The Morgan fingerprint density at radius 3 is 2.48 bits per heavy atom. The molecular weight excluding hydrogens is 258 g/mol. The Hall–Kier alpha value is -0.900. The van der Waals surface area contributed by atoms with Crippen LogP contribution in [0, 0.1) is 5.92 Å². The molecule has 0 bridgehead atoms. The van der Waals surface area contributed by atoms with Crippen LogP contribution < -0.4 is 5.73 Å². The summed E-state index contributed by atoms with van der Waals surface area (Å²) < 4.78 is 0. The number of likely N-dealkylation sites (tertiary alicyclic amines) is 1. The Balaban J connectivity index is 2.07. The summed E-state index contributed by atoms with van der Waals surface area (Å²) in [6.45, 7) is 6.90. The molecule has 2 rings (SSSR count). The van der Waals surface area contributed by atoms with E-state index >= 15 is 0 Å². The maximum atomic E-state index is 6.59. The minimum atomic E-state index is 0.0721. The number of rotatable bonds is 6. The van der Waals surface area contributed by atoms with Crippen LogP contribution in [0.2, 0.25) is 0 Å². The fourth-order valence-electron chi connectivity index (χ4n) is 3.73. The minimum Gasteiger partial charge on any atom is -0.323 e. The smallest absolute Gasteiger partial charge is 0.0455 e. The summed E-state index contributed by atoms with van der Waals surface area (Å²) in [5.74, 6) is 0.539. The first kappa shape index (κ1) is 16.5. The summed E-state index contributed by atoms with van der Waals surface area (Å²) in [5.41, 5.74) is 7.83. The normalized spacial score (nSPS) is 22.9. The summed E-state index contributed by atoms with van der Waals surface area (Å²) in [6, 6.07) is 11.6. The summed E-state index contributed by atoms with van der Waals surface area (Å²) in [7, 11) is 4.48. The Kier molecular flexibility index (Phi) is 5.80. The SMILES string of the molecule is CC(C)C(C(N)c1ccccc1)N(C)CC1CCCN1C. The average molecular weight is 289 g/mol. The van der Waals surface area contributed by atoms with E-state index in [1.165, 1.54) is 24.9 Å². The first-order valence-corrected chi connectivity index (χ1v) is 8.21. The molecule has 3 unspecified atom stereocenters. The maximum Gasteiger partial charge on any atom is 0.0455 e. The third-order valence-corrected chi connectivity index (χ3v) is 4.91. The average Bonchev–Trinajstić information content (AvgIpc) is 2.85. The lowest BCUT2D eigenvalue weighted by atomic mass is 9.90. The number of nitrogens with two attached hydrogens (primary N) is 1. The zero-order chi connectivity index (χ0) is 15.4. The first-order chi connectivity index (χ1) is 10.0. The van der Waals surface area contributed by atoms with Crippen LogP contribution in [0.15, 0.2) is 30.3 Å². The zero-order valence-corrected chi connectivity index (χ0v) is 14.0. The minimum absolute atomic E-state index is 0.0721. The van der Waals surface area contributed by atoms with E-state index in [1.54, 1.807) is 0 Å². The Morgan fingerprint density at radius 2 is 1.95 bits per heavy atom. The van der Waals surface area contributed by atoms with Crippen molar-refractivity contribution < 1.29 is 0 Å². The van der Waals surface area contributed by atoms with Crippen molar-refractivity contribution in [2.24, 2.45) is 11.7 Å². The van der Waals surface area contributed by atoms with Crippen LogP contribution in [0.5, 0.6) is 0 Å². The van der Waals surface area contributed by atoms with Crippen LogP contribution in [0.25, 0.3) is 0 Å². The largest absolute Gasteiger partial charge is 0.323 e. The molecule has 1 aliphatic rings. The summed E-state index contributed by atoms with van der Waals surface area (Å²) in [4.78, 5) is 4.97. The molecule has 0 aromatic heterocycles. The summed E-state index contributed by atoms with van der Waals surface area (Å²) in [6.07, 6.45) is 2.64. The van der Waals surface area contributed by atoms with Gasteiger partial charge >= 0.3 is 0 Å². The fraction of sp³-hybridized carbons (Fsp3) is 0.667. The van der Waals surface area contributed by atoms with Gasteiger partial charge in [-0.25, -0.2) is 0 Å². The molecular formula is C18H31N3. The van der Waals surface area contributed by atoms with Gasteiger partial charge in [-0.15, -0.1) is 0 Å². The number of likely N-dealkylation sites (N-methyl/N-ethyl adjacent to an activating group) is 2. The van der Waals surface area contributed by atoms with Gasteiger partial charge in [-0.1, -0.05) is 44.2 Å². The monoisotopic (exact) mass is 289 g/mol. The zero-order valence-electron chi connectivity index (χ0n) is 14.0. The van der Waals surface area contributed by atoms with Crippen LogP contribution >= 0.6 is 0 Å². The highest BCUT2D eigenvalue weighted by molar-refractivity contribution is 5.20. The Labute approximate surface area is 130 Å². The van der Waals surface area contributed by atoms with E-state index in [9.17, 15) is 0 Å². The molecule has 3 nitrogen and oxygen atoms in total. The van der Waals surface area contributed by atoms with Crippen LogP contribution in [0.3, 0.4) is 0 Å². The van der Waals surface area contributed by atoms with Crippen LogP contribution in [0.1, 0.15) is 38.3 Å². The van der Waals surface area contributed by atoms with Gasteiger partial charge < -0.3 is 10.6 Å². The number of hydrogen-bond acceptors (Lipinski definition) is 3. The molecule has 1 heterocycles. The Morgan fingerprint density at radius 1 is 1.29 bits per heavy atom. The topological polar surface area (TPSA) is 32.5 Å². The molecule has 0 aliphatic carbocycles. The van der Waals surface area contributed by atoms with Gasteiger partial charge in [-0.2, -0.15) is 0 Å². The van der Waals surface area contributed by atoms with E-state index < -0.39 is 0 Å². The van der Waals surface area contributed by atoms with Crippen molar-refractivity contribution in [3.05, 3.63) is 35.9 Å². The van der Waals surface area contributed by atoms with Gasteiger partial charge in [-0.05, 0) is 45.0 Å². The third-order valence-electron chi connectivity index (χ3n) is 4.91. The molecule has 118 valence electrons. The lowest BCUT2D eigenvalue weighted by molar-refractivity contribution is 0.127. The molecule has 3 heteroatoms. The van der Waals surface area contributed by atoms with E-state index in [2.05, 4.69) is 68.1 Å². The van der Waals surface area contributed by atoms with Crippen molar-refractivity contribution in [3.8, 4) is 0 Å². The van der Waals surface area contributed by atoms with E-state index in [-0.39, 0.29) is 6.04 Å². The van der Waals surface area contributed by atoms with E-state index in [0.29, 0.717) is 18.0 Å². The van der Waals surface area contributed by atoms with Crippen molar-refractivity contribution in [2.75, 3.05) is 27.2 Å². The lowest BCUT2D eigenvalue weighted by Crippen LogP contribution is -2.48. The molecule has 2 N–H and O–H groups in total. The van der Waals surface area contributed by atoms with Gasteiger partial charge in [0.05, 0.1) is 0 Å². The molecule has 1 aliphatic heterocycles. The summed E-state index contributed by atoms with van der Waals surface area (Å²) in [5, 5.41) is 0. The van der Waals surface area contributed by atoms with E-state index in [0.717, 1.165) is 6.54 Å². The van der Waals surface area contributed by atoms with Crippen molar-refractivity contribution in [1.82, 2.24) is 9.80 Å². The second-order valence-electron chi connectivity index (χ2n) is 6.89. The molecule has 1 saturated heterocycles. The van der Waals surface area contributed by atoms with Crippen molar-refractivity contribution in [2.45, 2.75) is 44.8 Å². The van der Waals surface area contributed by atoms with E-state index in [1.807, 2.05) is 0 Å². The van der Waals surface area contributed by atoms with E-state index in [4.69, 9.17) is 5.73 Å². The molecule has 0 spiro atoms. The molecule has 1 aromatic rings. The highest BCUT2D eigenvalue weighted by Crippen LogP contribution is 2.25. The fourth-order valence-corrected chi connectivity index (χ4v) is 3.73. The van der Waals surface area contributed by atoms with Crippen LogP contribution in [-0.2, 0) is 0 Å². The maximum absolute atomic E-state index is 6.59. The van der Waals surface area contributed by atoms with Crippen molar-refractivity contribution >= 4 is 0 Å². The molecule has 3 atom stereocenters. The highest BCUT2D eigenvalue weighted by atomic mass is 15.2.